The number of carbonyl (C=O) groups excluding carboxylic acids is 1. The minimum atomic E-state index is -0.175. The lowest BCUT2D eigenvalue weighted by Crippen LogP contribution is -2.26. The lowest BCUT2D eigenvalue weighted by Gasteiger charge is -2.09. The number of imidazole rings is 1. The summed E-state index contributed by atoms with van der Waals surface area (Å²) in [5.41, 5.74) is 3.86. The third-order valence-electron chi connectivity index (χ3n) is 5.18. The number of H-pyrrole nitrogens is 1. The minimum absolute atomic E-state index is 0.175. The number of ether oxygens (including phenoxy) is 2. The third-order valence-corrected chi connectivity index (χ3v) is 5.18. The summed E-state index contributed by atoms with van der Waals surface area (Å²) in [6.07, 6.45) is 3.18. The van der Waals surface area contributed by atoms with E-state index in [9.17, 15) is 4.79 Å². The first-order valence-electron chi connectivity index (χ1n) is 10.3. The number of benzene rings is 2. The molecule has 4 aromatic rings. The lowest BCUT2D eigenvalue weighted by atomic mass is 10.1. The Morgan fingerprint density at radius 2 is 2.00 bits per heavy atom. The number of nitrogens with one attached hydrogen (secondary N) is 2. The van der Waals surface area contributed by atoms with Gasteiger partial charge in [-0.25, -0.2) is 4.98 Å². The maximum Gasteiger partial charge on any atom is 0.255 e. The highest BCUT2D eigenvalue weighted by Gasteiger charge is 2.19. The van der Waals surface area contributed by atoms with E-state index in [0.29, 0.717) is 48.9 Å². The molecule has 0 unspecified atom stereocenters. The molecule has 1 aliphatic rings. The topological polar surface area (TPSA) is 94.1 Å². The molecule has 2 aromatic carbocycles. The zero-order valence-corrected chi connectivity index (χ0v) is 17.2. The number of aromatic nitrogens is 4. The molecule has 3 heterocycles. The number of aryl methyl sites for hydroxylation is 1. The van der Waals surface area contributed by atoms with Crippen LogP contribution in [0.5, 0.6) is 11.5 Å². The monoisotopic (exact) mass is 417 g/mol. The molecule has 8 heteroatoms. The molecule has 0 atom stereocenters. The van der Waals surface area contributed by atoms with Crippen LogP contribution in [0.1, 0.15) is 22.6 Å². The summed E-state index contributed by atoms with van der Waals surface area (Å²) in [4.78, 5) is 20.7. The molecule has 1 aliphatic heterocycles. The van der Waals surface area contributed by atoms with Gasteiger partial charge in [0.25, 0.3) is 5.91 Å². The highest BCUT2D eigenvalue weighted by atomic mass is 16.5. The van der Waals surface area contributed by atoms with E-state index >= 15 is 0 Å². The second-order valence-electron chi connectivity index (χ2n) is 7.48. The average molecular weight is 417 g/mol. The summed E-state index contributed by atoms with van der Waals surface area (Å²) in [7, 11) is 1.80. The summed E-state index contributed by atoms with van der Waals surface area (Å²) in [5, 5.41) is 7.49. The van der Waals surface area contributed by atoms with Crippen LogP contribution in [-0.2, 0) is 13.5 Å². The van der Waals surface area contributed by atoms with Crippen molar-refractivity contribution >= 4 is 16.9 Å². The molecular weight excluding hydrogens is 394 g/mol. The van der Waals surface area contributed by atoms with E-state index in [2.05, 4.69) is 20.4 Å². The first-order chi connectivity index (χ1) is 15.2. The number of para-hydroxylation sites is 2. The molecule has 2 aromatic heterocycles. The third kappa shape index (κ3) is 3.96. The van der Waals surface area contributed by atoms with E-state index in [1.807, 2.05) is 42.5 Å². The Labute approximate surface area is 179 Å². The molecule has 1 amide bonds. The average Bonchev–Trinajstić information content (AvgIpc) is 3.28. The molecule has 31 heavy (non-hydrogen) atoms. The van der Waals surface area contributed by atoms with Gasteiger partial charge in [-0.05, 0) is 30.3 Å². The van der Waals surface area contributed by atoms with E-state index in [4.69, 9.17) is 9.47 Å². The van der Waals surface area contributed by atoms with Crippen LogP contribution in [-0.4, -0.2) is 45.4 Å². The molecule has 0 fully saturated rings. The Kier molecular flexibility index (Phi) is 5.03. The van der Waals surface area contributed by atoms with E-state index in [0.717, 1.165) is 28.8 Å². The van der Waals surface area contributed by atoms with Crippen LogP contribution in [0, 0.1) is 0 Å². The summed E-state index contributed by atoms with van der Waals surface area (Å²) < 4.78 is 13.1. The van der Waals surface area contributed by atoms with Gasteiger partial charge in [0.15, 0.2) is 11.5 Å². The Bertz CT molecular complexity index is 1210. The second-order valence-corrected chi connectivity index (χ2v) is 7.48. The number of nitrogens with zero attached hydrogens (tertiary/aromatic N) is 3. The molecule has 0 aliphatic carbocycles. The van der Waals surface area contributed by atoms with Gasteiger partial charge in [0, 0.05) is 38.2 Å². The minimum Gasteiger partial charge on any atom is -0.490 e. The van der Waals surface area contributed by atoms with E-state index in [-0.39, 0.29) is 5.91 Å². The first-order valence-corrected chi connectivity index (χ1v) is 10.3. The smallest absolute Gasteiger partial charge is 0.255 e. The zero-order valence-electron chi connectivity index (χ0n) is 17.2. The van der Waals surface area contributed by atoms with Crippen LogP contribution in [0.4, 0.5) is 0 Å². The fourth-order valence-corrected chi connectivity index (χ4v) is 3.69. The number of fused-ring (bicyclic) bond motifs is 2. The van der Waals surface area contributed by atoms with Gasteiger partial charge in [-0.2, -0.15) is 5.10 Å². The molecule has 8 nitrogen and oxygen atoms in total. The number of amides is 1. The summed E-state index contributed by atoms with van der Waals surface area (Å²) in [6.45, 7) is 1.71. The normalized spacial score (nSPS) is 13.2. The highest BCUT2D eigenvalue weighted by molar-refractivity contribution is 6.00. The molecule has 5 rings (SSSR count). The largest absolute Gasteiger partial charge is 0.490 e. The van der Waals surface area contributed by atoms with Crippen LogP contribution in [0.3, 0.4) is 0 Å². The van der Waals surface area contributed by atoms with Crippen molar-refractivity contribution in [2.24, 2.45) is 7.05 Å². The predicted molar refractivity (Wildman–Crippen MR) is 116 cm³/mol. The van der Waals surface area contributed by atoms with Gasteiger partial charge < -0.3 is 19.8 Å². The van der Waals surface area contributed by atoms with Gasteiger partial charge >= 0.3 is 0 Å². The number of rotatable bonds is 5. The first kappa shape index (κ1) is 19.2. The fourth-order valence-electron chi connectivity index (χ4n) is 3.69. The Morgan fingerprint density at radius 1 is 1.16 bits per heavy atom. The molecule has 2 N–H and O–H groups in total. The Morgan fingerprint density at radius 3 is 2.87 bits per heavy atom. The Hall–Kier alpha value is -3.81. The van der Waals surface area contributed by atoms with E-state index in [1.54, 1.807) is 17.9 Å². The molecule has 158 valence electrons. The number of hydrogen-bond acceptors (Lipinski definition) is 5. The van der Waals surface area contributed by atoms with Crippen molar-refractivity contribution in [2.75, 3.05) is 19.8 Å². The lowest BCUT2D eigenvalue weighted by molar-refractivity contribution is 0.0954. The van der Waals surface area contributed by atoms with Crippen molar-refractivity contribution in [2.45, 2.75) is 12.8 Å². The van der Waals surface area contributed by atoms with Crippen molar-refractivity contribution < 1.29 is 14.3 Å². The van der Waals surface area contributed by atoms with Gasteiger partial charge in [0.1, 0.15) is 11.5 Å². The van der Waals surface area contributed by atoms with Crippen LogP contribution in [0.15, 0.2) is 48.7 Å². The Balaban J connectivity index is 1.31. The van der Waals surface area contributed by atoms with Crippen molar-refractivity contribution in [3.05, 3.63) is 60.0 Å². The summed E-state index contributed by atoms with van der Waals surface area (Å²) in [5.74, 6) is 2.06. The van der Waals surface area contributed by atoms with Crippen LogP contribution in [0.25, 0.3) is 22.3 Å². The highest BCUT2D eigenvalue weighted by Crippen LogP contribution is 2.34. The fraction of sp³-hybridized carbons (Fsp3) is 0.261. The van der Waals surface area contributed by atoms with Crippen molar-refractivity contribution in [1.29, 1.82) is 0 Å². The summed E-state index contributed by atoms with van der Waals surface area (Å²) >= 11 is 0. The van der Waals surface area contributed by atoms with Gasteiger partial charge in [-0.3, -0.25) is 9.48 Å². The quantitative estimate of drug-likeness (QED) is 0.520. The molecular formula is C23H23N5O3. The van der Waals surface area contributed by atoms with Crippen molar-refractivity contribution in [3.63, 3.8) is 0 Å². The molecule has 0 radical (unpaired) electrons. The maximum absolute atomic E-state index is 12.9. The second kappa shape index (κ2) is 8.14. The van der Waals surface area contributed by atoms with Crippen molar-refractivity contribution in [1.82, 2.24) is 25.1 Å². The van der Waals surface area contributed by atoms with E-state index < -0.39 is 0 Å². The molecule has 0 saturated carbocycles. The van der Waals surface area contributed by atoms with Gasteiger partial charge in [-0.15, -0.1) is 0 Å². The molecule has 0 saturated heterocycles. The number of hydrogen-bond donors (Lipinski definition) is 2. The van der Waals surface area contributed by atoms with Crippen molar-refractivity contribution in [3.8, 4) is 22.8 Å². The van der Waals surface area contributed by atoms with Gasteiger partial charge in [0.05, 0.1) is 29.8 Å². The van der Waals surface area contributed by atoms with Crippen LogP contribution >= 0.6 is 0 Å². The van der Waals surface area contributed by atoms with Crippen LogP contribution < -0.4 is 14.8 Å². The molecule has 0 spiro atoms. The number of carbonyl (C=O) groups is 1. The summed E-state index contributed by atoms with van der Waals surface area (Å²) in [6, 6.07) is 13.5. The maximum atomic E-state index is 12.9. The predicted octanol–water partition coefficient (Wildman–Crippen LogP) is 3.10. The zero-order chi connectivity index (χ0) is 21.2. The van der Waals surface area contributed by atoms with Gasteiger partial charge in [-0.1, -0.05) is 12.1 Å². The molecule has 0 bridgehead atoms. The standard InChI is InChI=1S/C23H23N5O3/c1-28-14-16(22(27-28)15-7-8-19-20(13-15)31-12-4-11-30-19)23(29)24-10-9-21-25-17-5-2-3-6-18(17)26-21/h2-3,5-8,13-14H,4,9-12H2,1H3,(H,24,29)(H,25,26). The van der Waals surface area contributed by atoms with Crippen LogP contribution in [0.2, 0.25) is 0 Å². The van der Waals surface area contributed by atoms with Gasteiger partial charge in [0.2, 0.25) is 0 Å². The SMILES string of the molecule is Cn1cc(C(=O)NCCc2nc3ccccc3[nH]2)c(-c2ccc3c(c2)OCCCO3)n1. The number of aromatic amines is 1. The van der Waals surface area contributed by atoms with E-state index in [1.165, 1.54) is 0 Å².